The van der Waals surface area contributed by atoms with Gasteiger partial charge in [-0.1, -0.05) is 29.3 Å². The number of aromatic hydroxyl groups is 1. The third kappa shape index (κ3) is 5.06. The molecule has 0 aliphatic rings. The highest BCUT2D eigenvalue weighted by Gasteiger charge is 2.08. The highest BCUT2D eigenvalue weighted by molar-refractivity contribution is 9.10. The monoisotopic (exact) mass is 301 g/mol. The van der Waals surface area contributed by atoms with Crippen molar-refractivity contribution in [2.75, 3.05) is 13.7 Å². The Balaban J connectivity index is 2.55. The standard InChI is InChI=1S/C13H20BrNO2/c1-3-4-12(9-17-2)15-8-10-7-11(14)5-6-13(10)16/h5-7,12,15-16H,3-4,8-9H2,1-2H3. The van der Waals surface area contributed by atoms with Crippen LogP contribution in [-0.2, 0) is 11.3 Å². The largest absolute Gasteiger partial charge is 0.508 e. The molecule has 0 bridgehead atoms. The van der Waals surface area contributed by atoms with Gasteiger partial charge >= 0.3 is 0 Å². The number of benzene rings is 1. The SMILES string of the molecule is CCCC(COC)NCc1cc(Br)ccc1O. The van der Waals surface area contributed by atoms with Gasteiger partial charge in [-0.25, -0.2) is 0 Å². The fourth-order valence-electron chi connectivity index (χ4n) is 1.74. The highest BCUT2D eigenvalue weighted by atomic mass is 79.9. The molecule has 1 aromatic carbocycles. The second-order valence-electron chi connectivity index (χ2n) is 4.09. The maximum Gasteiger partial charge on any atom is 0.120 e. The molecule has 1 atom stereocenters. The molecule has 17 heavy (non-hydrogen) atoms. The summed E-state index contributed by atoms with van der Waals surface area (Å²) < 4.78 is 6.14. The first kappa shape index (κ1) is 14.5. The number of ether oxygens (including phenoxy) is 1. The Bertz CT molecular complexity index is 338. The molecule has 0 radical (unpaired) electrons. The molecule has 1 aromatic rings. The van der Waals surface area contributed by atoms with E-state index < -0.39 is 0 Å². The van der Waals surface area contributed by atoms with E-state index >= 15 is 0 Å². The number of phenolic OH excluding ortho intramolecular Hbond substituents is 1. The molecule has 0 saturated carbocycles. The van der Waals surface area contributed by atoms with Crippen molar-refractivity contribution < 1.29 is 9.84 Å². The summed E-state index contributed by atoms with van der Waals surface area (Å²) in [6.07, 6.45) is 2.19. The Hall–Kier alpha value is -0.580. The topological polar surface area (TPSA) is 41.5 Å². The van der Waals surface area contributed by atoms with Gasteiger partial charge in [0.2, 0.25) is 0 Å². The van der Waals surface area contributed by atoms with Crippen molar-refractivity contribution in [1.29, 1.82) is 0 Å². The summed E-state index contributed by atoms with van der Waals surface area (Å²) in [7, 11) is 1.71. The van der Waals surface area contributed by atoms with Gasteiger partial charge in [-0.3, -0.25) is 0 Å². The predicted molar refractivity (Wildman–Crippen MR) is 73.2 cm³/mol. The first-order chi connectivity index (χ1) is 8.17. The molecular weight excluding hydrogens is 282 g/mol. The van der Waals surface area contributed by atoms with Crippen LogP contribution in [-0.4, -0.2) is 24.9 Å². The predicted octanol–water partition coefficient (Wildman–Crippen LogP) is 3.06. The molecule has 4 heteroatoms. The summed E-state index contributed by atoms with van der Waals surface area (Å²) >= 11 is 3.40. The lowest BCUT2D eigenvalue weighted by molar-refractivity contribution is 0.161. The third-order valence-corrected chi connectivity index (χ3v) is 3.12. The minimum atomic E-state index is 0.327. The molecule has 3 nitrogen and oxygen atoms in total. The van der Waals surface area contributed by atoms with Crippen LogP contribution >= 0.6 is 15.9 Å². The number of methoxy groups -OCH3 is 1. The van der Waals surface area contributed by atoms with Crippen LogP contribution in [0.4, 0.5) is 0 Å². The summed E-state index contributed by atoms with van der Waals surface area (Å²) in [5, 5.41) is 13.1. The molecule has 0 spiro atoms. The van der Waals surface area contributed by atoms with E-state index in [1.54, 1.807) is 13.2 Å². The van der Waals surface area contributed by atoms with E-state index in [4.69, 9.17) is 4.74 Å². The zero-order valence-electron chi connectivity index (χ0n) is 10.4. The number of rotatable bonds is 7. The highest BCUT2D eigenvalue weighted by Crippen LogP contribution is 2.21. The van der Waals surface area contributed by atoms with Crippen LogP contribution in [0.5, 0.6) is 5.75 Å². The van der Waals surface area contributed by atoms with Crippen LogP contribution < -0.4 is 5.32 Å². The van der Waals surface area contributed by atoms with Crippen molar-refractivity contribution in [2.45, 2.75) is 32.4 Å². The first-order valence-corrected chi connectivity index (χ1v) is 6.66. The van der Waals surface area contributed by atoms with E-state index in [0.717, 1.165) is 22.9 Å². The quantitative estimate of drug-likeness (QED) is 0.813. The van der Waals surface area contributed by atoms with Crippen LogP contribution in [0, 0.1) is 0 Å². The van der Waals surface area contributed by atoms with Gasteiger partial charge in [-0.2, -0.15) is 0 Å². The summed E-state index contributed by atoms with van der Waals surface area (Å²) in [4.78, 5) is 0. The lowest BCUT2D eigenvalue weighted by atomic mass is 10.1. The van der Waals surface area contributed by atoms with E-state index in [9.17, 15) is 5.11 Å². The Morgan fingerprint density at radius 2 is 2.24 bits per heavy atom. The van der Waals surface area contributed by atoms with Crippen LogP contribution in [0.2, 0.25) is 0 Å². The number of hydrogen-bond acceptors (Lipinski definition) is 3. The van der Waals surface area contributed by atoms with Gasteiger partial charge in [0.05, 0.1) is 6.61 Å². The normalized spacial score (nSPS) is 12.6. The van der Waals surface area contributed by atoms with E-state index in [1.807, 2.05) is 12.1 Å². The van der Waals surface area contributed by atoms with Gasteiger partial charge in [0.25, 0.3) is 0 Å². The molecule has 0 aromatic heterocycles. The van der Waals surface area contributed by atoms with Crippen LogP contribution in [0.15, 0.2) is 22.7 Å². The Labute approximate surface area is 111 Å². The van der Waals surface area contributed by atoms with E-state index in [1.165, 1.54) is 0 Å². The lowest BCUT2D eigenvalue weighted by Gasteiger charge is -2.17. The van der Waals surface area contributed by atoms with Crippen LogP contribution in [0.25, 0.3) is 0 Å². The van der Waals surface area contributed by atoms with Gasteiger partial charge in [0.1, 0.15) is 5.75 Å². The Morgan fingerprint density at radius 3 is 2.88 bits per heavy atom. The van der Waals surface area contributed by atoms with Crippen molar-refractivity contribution in [3.63, 3.8) is 0 Å². The molecule has 0 aliphatic carbocycles. The van der Waals surface area contributed by atoms with Gasteiger partial charge in [0, 0.05) is 29.7 Å². The van der Waals surface area contributed by atoms with Gasteiger partial charge in [0.15, 0.2) is 0 Å². The van der Waals surface area contributed by atoms with Crippen molar-refractivity contribution in [3.05, 3.63) is 28.2 Å². The van der Waals surface area contributed by atoms with Gasteiger partial charge in [-0.15, -0.1) is 0 Å². The fourth-order valence-corrected chi connectivity index (χ4v) is 2.15. The van der Waals surface area contributed by atoms with Crippen molar-refractivity contribution in [3.8, 4) is 5.75 Å². The van der Waals surface area contributed by atoms with E-state index in [0.29, 0.717) is 24.9 Å². The number of nitrogens with one attached hydrogen (secondary N) is 1. The third-order valence-electron chi connectivity index (χ3n) is 2.63. The average Bonchev–Trinajstić information content (AvgIpc) is 2.30. The zero-order valence-corrected chi connectivity index (χ0v) is 12.0. The van der Waals surface area contributed by atoms with Crippen LogP contribution in [0.1, 0.15) is 25.3 Å². The molecule has 2 N–H and O–H groups in total. The number of halogens is 1. The first-order valence-electron chi connectivity index (χ1n) is 5.87. The molecule has 1 rings (SSSR count). The van der Waals surface area contributed by atoms with Gasteiger partial charge in [-0.05, 0) is 24.6 Å². The molecule has 0 amide bonds. The zero-order chi connectivity index (χ0) is 12.7. The number of phenols is 1. The number of hydrogen-bond donors (Lipinski definition) is 2. The molecule has 0 aliphatic heterocycles. The maximum absolute atomic E-state index is 9.72. The van der Waals surface area contributed by atoms with Crippen molar-refractivity contribution >= 4 is 15.9 Å². The smallest absolute Gasteiger partial charge is 0.120 e. The Morgan fingerprint density at radius 1 is 1.47 bits per heavy atom. The summed E-state index contributed by atoms with van der Waals surface area (Å²) in [5.74, 6) is 0.327. The van der Waals surface area contributed by atoms with E-state index in [-0.39, 0.29) is 0 Å². The fraction of sp³-hybridized carbons (Fsp3) is 0.538. The molecule has 0 fully saturated rings. The second-order valence-corrected chi connectivity index (χ2v) is 5.01. The maximum atomic E-state index is 9.72. The van der Waals surface area contributed by atoms with Gasteiger partial charge < -0.3 is 15.2 Å². The van der Waals surface area contributed by atoms with Crippen LogP contribution in [0.3, 0.4) is 0 Å². The second kappa shape index (κ2) is 7.69. The van der Waals surface area contributed by atoms with Crippen molar-refractivity contribution in [2.24, 2.45) is 0 Å². The average molecular weight is 302 g/mol. The molecular formula is C13H20BrNO2. The van der Waals surface area contributed by atoms with Crippen molar-refractivity contribution in [1.82, 2.24) is 5.32 Å². The molecule has 1 unspecified atom stereocenters. The summed E-state index contributed by atoms with van der Waals surface area (Å²) in [6, 6.07) is 5.80. The summed E-state index contributed by atoms with van der Waals surface area (Å²) in [5.41, 5.74) is 0.900. The minimum Gasteiger partial charge on any atom is -0.508 e. The Kier molecular flexibility index (Phi) is 6.55. The molecule has 96 valence electrons. The minimum absolute atomic E-state index is 0.327. The lowest BCUT2D eigenvalue weighted by Crippen LogP contribution is -2.32. The summed E-state index contributed by atoms with van der Waals surface area (Å²) in [6.45, 7) is 3.50. The molecule has 0 saturated heterocycles. The molecule has 0 heterocycles. The van der Waals surface area contributed by atoms with E-state index in [2.05, 4.69) is 28.2 Å².